The maximum absolute atomic E-state index is 12.8. The number of aromatic hydroxyl groups is 1. The van der Waals surface area contributed by atoms with Crippen LogP contribution in [0.3, 0.4) is 0 Å². The van der Waals surface area contributed by atoms with E-state index in [0.29, 0.717) is 31.6 Å². The van der Waals surface area contributed by atoms with Crippen LogP contribution in [-0.4, -0.2) is 42.8 Å². The lowest BCUT2D eigenvalue weighted by Crippen LogP contribution is -2.22. The maximum atomic E-state index is 12.8. The van der Waals surface area contributed by atoms with Gasteiger partial charge in [-0.1, -0.05) is 30.3 Å². The lowest BCUT2D eigenvalue weighted by molar-refractivity contribution is 0.0960. The molecule has 0 unspecified atom stereocenters. The Balaban J connectivity index is 1.15. The van der Waals surface area contributed by atoms with E-state index in [9.17, 15) is 14.7 Å². The average molecular weight is 604 g/mol. The number of hydrogen-bond acceptors (Lipinski definition) is 6. The van der Waals surface area contributed by atoms with Gasteiger partial charge in [0.05, 0.1) is 31.2 Å². The second-order valence-electron chi connectivity index (χ2n) is 11.4. The SMILES string of the molecule is Cn1cnc(Cn2cc(CCOC(N)=O)c3ccc(CNCc4[nH]c5ccccc5c4[C@@H]4NC(=O)c5ccc(O)cc54)cc32)c1. The topological polar surface area (TPSA) is 152 Å². The Morgan fingerprint density at radius 1 is 1.09 bits per heavy atom. The number of ether oxygens (including phenoxy) is 1. The Morgan fingerprint density at radius 3 is 2.78 bits per heavy atom. The van der Waals surface area contributed by atoms with Gasteiger partial charge >= 0.3 is 6.09 Å². The molecule has 2 amide bonds. The van der Waals surface area contributed by atoms with Gasteiger partial charge in [0.25, 0.3) is 5.91 Å². The number of H-pyrrole nitrogens is 1. The largest absolute Gasteiger partial charge is 0.508 e. The molecule has 6 aromatic rings. The molecule has 228 valence electrons. The molecular weight excluding hydrogens is 570 g/mol. The summed E-state index contributed by atoms with van der Waals surface area (Å²) in [5, 5.41) is 19.0. The van der Waals surface area contributed by atoms with Gasteiger partial charge in [-0.05, 0) is 47.0 Å². The van der Waals surface area contributed by atoms with E-state index in [1.54, 1.807) is 24.5 Å². The summed E-state index contributed by atoms with van der Waals surface area (Å²) in [4.78, 5) is 32.0. The van der Waals surface area contributed by atoms with Crippen molar-refractivity contribution in [1.82, 2.24) is 29.7 Å². The molecule has 1 aliphatic heterocycles. The van der Waals surface area contributed by atoms with E-state index >= 15 is 0 Å². The van der Waals surface area contributed by atoms with E-state index < -0.39 is 6.09 Å². The highest BCUT2D eigenvalue weighted by molar-refractivity contribution is 6.01. The fraction of sp³-hybridized carbons (Fsp3) is 0.206. The van der Waals surface area contributed by atoms with Crippen molar-refractivity contribution in [2.24, 2.45) is 12.8 Å². The van der Waals surface area contributed by atoms with Crippen LogP contribution in [0.4, 0.5) is 4.79 Å². The number of nitrogens with one attached hydrogen (secondary N) is 3. The fourth-order valence-corrected chi connectivity index (χ4v) is 6.37. The van der Waals surface area contributed by atoms with Crippen LogP contribution in [0.25, 0.3) is 21.8 Å². The molecule has 0 radical (unpaired) electrons. The highest BCUT2D eigenvalue weighted by atomic mass is 16.5. The second-order valence-corrected chi connectivity index (χ2v) is 11.4. The number of phenolic OH excluding ortho intramolecular Hbond substituents is 1. The molecule has 3 aromatic carbocycles. The van der Waals surface area contributed by atoms with E-state index in [1.165, 1.54) is 0 Å². The molecule has 0 bridgehead atoms. The quantitative estimate of drug-likeness (QED) is 0.157. The van der Waals surface area contributed by atoms with Crippen LogP contribution < -0.4 is 16.4 Å². The third kappa shape index (κ3) is 5.49. The first-order valence-electron chi connectivity index (χ1n) is 14.8. The molecule has 0 aliphatic carbocycles. The molecule has 45 heavy (non-hydrogen) atoms. The minimum absolute atomic E-state index is 0.126. The minimum Gasteiger partial charge on any atom is -0.508 e. The Hall–Kier alpha value is -5.55. The van der Waals surface area contributed by atoms with Crippen molar-refractivity contribution in [3.63, 3.8) is 0 Å². The normalized spacial score (nSPS) is 14.2. The third-order valence-electron chi connectivity index (χ3n) is 8.35. The van der Waals surface area contributed by atoms with E-state index in [1.807, 2.05) is 42.1 Å². The Labute approximate surface area is 258 Å². The van der Waals surface area contributed by atoms with Crippen LogP contribution in [0.2, 0.25) is 0 Å². The molecule has 4 heterocycles. The van der Waals surface area contributed by atoms with E-state index in [4.69, 9.17) is 10.5 Å². The first-order chi connectivity index (χ1) is 21.8. The predicted octanol–water partition coefficient (Wildman–Crippen LogP) is 4.37. The second kappa shape index (κ2) is 11.5. The molecule has 7 rings (SSSR count). The smallest absolute Gasteiger partial charge is 0.404 e. The van der Waals surface area contributed by atoms with Crippen molar-refractivity contribution in [1.29, 1.82) is 0 Å². The third-order valence-corrected chi connectivity index (χ3v) is 8.35. The zero-order chi connectivity index (χ0) is 31.1. The Kier molecular flexibility index (Phi) is 7.22. The molecule has 11 nitrogen and oxygen atoms in total. The van der Waals surface area contributed by atoms with Gasteiger partial charge in [0.2, 0.25) is 0 Å². The molecule has 0 saturated carbocycles. The summed E-state index contributed by atoms with van der Waals surface area (Å²) in [6.07, 6.45) is 5.64. The molecule has 1 atom stereocenters. The van der Waals surface area contributed by atoms with Crippen LogP contribution in [-0.2, 0) is 37.8 Å². The molecule has 3 aromatic heterocycles. The summed E-state index contributed by atoms with van der Waals surface area (Å²) in [6.45, 7) is 1.95. The highest BCUT2D eigenvalue weighted by Crippen LogP contribution is 2.38. The zero-order valence-corrected chi connectivity index (χ0v) is 24.7. The van der Waals surface area contributed by atoms with Gasteiger partial charge in [0.15, 0.2) is 0 Å². The number of para-hydroxylation sites is 1. The number of hydrogen-bond donors (Lipinski definition) is 5. The van der Waals surface area contributed by atoms with Gasteiger partial charge in [-0.25, -0.2) is 9.78 Å². The molecule has 1 aliphatic rings. The van der Waals surface area contributed by atoms with Crippen LogP contribution in [0.15, 0.2) is 79.4 Å². The van der Waals surface area contributed by atoms with E-state index in [2.05, 4.69) is 49.6 Å². The number of imidazole rings is 1. The average Bonchev–Trinajstić information content (AvgIpc) is 3.77. The molecule has 0 fully saturated rings. The van der Waals surface area contributed by atoms with E-state index in [-0.39, 0.29) is 24.3 Å². The number of nitrogens with two attached hydrogens (primary N) is 1. The molecule has 11 heteroatoms. The number of fused-ring (bicyclic) bond motifs is 3. The number of aromatic nitrogens is 4. The number of primary amides is 1. The summed E-state index contributed by atoms with van der Waals surface area (Å²) in [5.41, 5.74) is 13.6. The number of nitrogens with zero attached hydrogens (tertiary/aromatic N) is 3. The molecule has 6 N–H and O–H groups in total. The van der Waals surface area contributed by atoms with Gasteiger partial charge in [0.1, 0.15) is 5.75 Å². The van der Waals surface area contributed by atoms with Crippen molar-refractivity contribution in [3.8, 4) is 5.75 Å². The lowest BCUT2D eigenvalue weighted by Gasteiger charge is -2.15. The van der Waals surface area contributed by atoms with Gasteiger partial charge in [0, 0.05) is 77.6 Å². The van der Waals surface area contributed by atoms with Crippen LogP contribution in [0, 0.1) is 0 Å². The van der Waals surface area contributed by atoms with Crippen molar-refractivity contribution >= 4 is 33.8 Å². The van der Waals surface area contributed by atoms with Gasteiger partial charge < -0.3 is 40.3 Å². The summed E-state index contributed by atoms with van der Waals surface area (Å²) < 4.78 is 9.11. The summed E-state index contributed by atoms with van der Waals surface area (Å²) in [7, 11) is 1.95. The number of benzene rings is 3. The zero-order valence-electron chi connectivity index (χ0n) is 24.7. The summed E-state index contributed by atoms with van der Waals surface area (Å²) in [5.74, 6) is -0.0248. The van der Waals surface area contributed by atoms with Gasteiger partial charge in [-0.15, -0.1) is 0 Å². The monoisotopic (exact) mass is 603 g/mol. The number of amides is 2. The van der Waals surface area contributed by atoms with Gasteiger partial charge in [-0.2, -0.15) is 0 Å². The first kappa shape index (κ1) is 28.2. The molecule has 0 saturated heterocycles. The maximum Gasteiger partial charge on any atom is 0.404 e. The van der Waals surface area contributed by atoms with Crippen LogP contribution in [0.5, 0.6) is 5.75 Å². The molecular formula is C34H33N7O4. The first-order valence-corrected chi connectivity index (χ1v) is 14.8. The highest BCUT2D eigenvalue weighted by Gasteiger charge is 2.33. The van der Waals surface area contributed by atoms with Crippen molar-refractivity contribution in [3.05, 3.63) is 119 Å². The van der Waals surface area contributed by atoms with Crippen molar-refractivity contribution in [2.75, 3.05) is 6.61 Å². The number of carbonyl (C=O) groups excluding carboxylic acids is 2. The fourth-order valence-electron chi connectivity index (χ4n) is 6.37. The van der Waals surface area contributed by atoms with Crippen LogP contribution >= 0.6 is 0 Å². The molecule has 0 spiro atoms. The Morgan fingerprint density at radius 2 is 1.96 bits per heavy atom. The van der Waals surface area contributed by atoms with Crippen molar-refractivity contribution < 1.29 is 19.4 Å². The van der Waals surface area contributed by atoms with Crippen molar-refractivity contribution in [2.45, 2.75) is 32.1 Å². The standard InChI is InChI=1S/C34H33N7O4/c1-40-17-22(37-19-40)18-41-16-21(10-11-45-34(35)44)24-8-6-20(12-30(24)41)14-36-15-29-31(26-4-2-3-5-28(26)38-29)32-27-13-23(42)7-9-25(27)33(43)39-32/h2-9,12-13,16-17,19,32,36,38,42H,10-11,14-15,18H2,1H3,(H2,35,44)(H,39,43)/t32-/m1/s1. The predicted molar refractivity (Wildman–Crippen MR) is 170 cm³/mol. The number of rotatable bonds is 10. The van der Waals surface area contributed by atoms with Gasteiger partial charge in [-0.3, -0.25) is 4.79 Å². The van der Waals surface area contributed by atoms with E-state index in [0.717, 1.165) is 55.4 Å². The number of aryl methyl sites for hydroxylation is 1. The lowest BCUT2D eigenvalue weighted by atomic mass is 9.95. The Bertz CT molecular complexity index is 2070. The summed E-state index contributed by atoms with van der Waals surface area (Å²) >= 11 is 0. The summed E-state index contributed by atoms with van der Waals surface area (Å²) in [6, 6.07) is 18.9. The number of phenols is 1. The number of aromatic amines is 1. The minimum atomic E-state index is -0.781. The van der Waals surface area contributed by atoms with Crippen LogP contribution in [0.1, 0.15) is 50.0 Å². The number of carbonyl (C=O) groups is 2.